The van der Waals surface area contributed by atoms with Gasteiger partial charge in [-0.3, -0.25) is 4.79 Å². The van der Waals surface area contributed by atoms with Crippen molar-refractivity contribution < 1.29 is 19.0 Å². The van der Waals surface area contributed by atoms with Crippen molar-refractivity contribution in [3.05, 3.63) is 71.8 Å². The topological polar surface area (TPSA) is 70.8 Å². The van der Waals surface area contributed by atoms with Gasteiger partial charge in [-0.1, -0.05) is 60.7 Å². The van der Waals surface area contributed by atoms with Crippen LogP contribution in [-0.4, -0.2) is 25.4 Å². The number of hydrogen-bond donors (Lipinski definition) is 1. The number of ether oxygens (including phenoxy) is 3. The van der Waals surface area contributed by atoms with Gasteiger partial charge in [0, 0.05) is 0 Å². The van der Waals surface area contributed by atoms with E-state index in [0.717, 1.165) is 11.1 Å². The number of nitrogens with two attached hydrogens (primary N) is 1. The molecule has 0 aliphatic heterocycles. The molecule has 5 heteroatoms. The Bertz CT molecular complexity index is 574. The molecular formula is C18H21NO4. The number of carbonyl (C=O) groups excluding carboxylic acids is 1. The molecule has 0 amide bonds. The Labute approximate surface area is 136 Å². The van der Waals surface area contributed by atoms with Gasteiger partial charge in [0.1, 0.15) is 6.04 Å². The van der Waals surface area contributed by atoms with Gasteiger partial charge in [0.05, 0.1) is 19.8 Å². The summed E-state index contributed by atoms with van der Waals surface area (Å²) in [7, 11) is 0. The lowest BCUT2D eigenvalue weighted by Crippen LogP contribution is -2.37. The molecule has 5 nitrogen and oxygen atoms in total. The van der Waals surface area contributed by atoms with Crippen LogP contribution >= 0.6 is 0 Å². The van der Waals surface area contributed by atoms with Gasteiger partial charge in [-0.15, -0.1) is 0 Å². The van der Waals surface area contributed by atoms with E-state index in [2.05, 4.69) is 0 Å². The van der Waals surface area contributed by atoms with Crippen LogP contribution in [0.5, 0.6) is 0 Å². The van der Waals surface area contributed by atoms with Gasteiger partial charge in [-0.05, 0) is 11.1 Å². The van der Waals surface area contributed by atoms with E-state index in [9.17, 15) is 4.79 Å². The zero-order valence-corrected chi connectivity index (χ0v) is 12.9. The predicted octanol–water partition coefficient (Wildman–Crippen LogP) is 2.25. The van der Waals surface area contributed by atoms with Crippen LogP contribution < -0.4 is 5.73 Å². The summed E-state index contributed by atoms with van der Waals surface area (Å²) in [6.45, 7) is 0.771. The van der Waals surface area contributed by atoms with E-state index >= 15 is 0 Å². The van der Waals surface area contributed by atoms with Crippen LogP contribution in [-0.2, 0) is 32.2 Å². The minimum absolute atomic E-state index is 0.104. The monoisotopic (exact) mass is 315 g/mol. The van der Waals surface area contributed by atoms with Crippen molar-refractivity contribution in [1.29, 1.82) is 0 Å². The average molecular weight is 315 g/mol. The Morgan fingerprint density at radius 1 is 0.870 bits per heavy atom. The van der Waals surface area contributed by atoms with Gasteiger partial charge < -0.3 is 19.9 Å². The largest absolute Gasteiger partial charge is 0.437 e. The van der Waals surface area contributed by atoms with Gasteiger partial charge in [-0.25, -0.2) is 0 Å². The van der Waals surface area contributed by atoms with E-state index in [0.29, 0.717) is 13.2 Å². The molecule has 0 heterocycles. The first-order valence-corrected chi connectivity index (χ1v) is 7.41. The van der Waals surface area contributed by atoms with Crippen LogP contribution in [0.25, 0.3) is 0 Å². The number of benzene rings is 2. The third-order valence-corrected chi connectivity index (χ3v) is 3.11. The van der Waals surface area contributed by atoms with Crippen LogP contribution in [0.2, 0.25) is 0 Å². The third-order valence-electron chi connectivity index (χ3n) is 3.11. The predicted molar refractivity (Wildman–Crippen MR) is 86.3 cm³/mol. The molecule has 2 rings (SSSR count). The van der Waals surface area contributed by atoms with Crippen molar-refractivity contribution in [3.8, 4) is 0 Å². The molecule has 0 fully saturated rings. The maximum absolute atomic E-state index is 11.7. The Balaban J connectivity index is 1.57. The van der Waals surface area contributed by atoms with Crippen LogP contribution in [0.3, 0.4) is 0 Å². The van der Waals surface area contributed by atoms with Crippen molar-refractivity contribution >= 4 is 5.97 Å². The molecule has 1 atom stereocenters. The molecule has 0 unspecified atom stereocenters. The molecule has 2 aromatic rings. The summed E-state index contributed by atoms with van der Waals surface area (Å²) in [6.07, 6.45) is 0. The zero-order chi connectivity index (χ0) is 16.3. The summed E-state index contributed by atoms with van der Waals surface area (Å²) in [5.41, 5.74) is 7.76. The van der Waals surface area contributed by atoms with E-state index in [1.165, 1.54) is 0 Å². The fourth-order valence-electron chi connectivity index (χ4n) is 1.89. The lowest BCUT2D eigenvalue weighted by atomic mass is 10.2. The summed E-state index contributed by atoms with van der Waals surface area (Å²) >= 11 is 0. The SMILES string of the molecule is N[C@@H](COCc1ccccc1)C(=O)OCOCc1ccccc1. The van der Waals surface area contributed by atoms with Crippen molar-refractivity contribution in [2.75, 3.05) is 13.4 Å². The minimum Gasteiger partial charge on any atom is -0.437 e. The second kappa shape index (κ2) is 9.74. The molecule has 0 aromatic heterocycles. The summed E-state index contributed by atoms with van der Waals surface area (Å²) in [4.78, 5) is 11.7. The molecule has 0 aliphatic carbocycles. The third kappa shape index (κ3) is 6.61. The maximum atomic E-state index is 11.7. The molecule has 0 bridgehead atoms. The van der Waals surface area contributed by atoms with Gasteiger partial charge in [0.15, 0.2) is 6.79 Å². The summed E-state index contributed by atoms with van der Waals surface area (Å²) in [5, 5.41) is 0. The fraction of sp³-hybridized carbons (Fsp3) is 0.278. The molecular weight excluding hydrogens is 294 g/mol. The average Bonchev–Trinajstić information content (AvgIpc) is 2.60. The first-order valence-electron chi connectivity index (χ1n) is 7.41. The number of esters is 1. The molecule has 0 radical (unpaired) electrons. The van der Waals surface area contributed by atoms with Crippen molar-refractivity contribution in [3.63, 3.8) is 0 Å². The molecule has 122 valence electrons. The highest BCUT2D eigenvalue weighted by molar-refractivity contribution is 5.75. The summed E-state index contributed by atoms with van der Waals surface area (Å²) < 4.78 is 15.6. The van der Waals surface area contributed by atoms with E-state index in [1.54, 1.807) is 0 Å². The lowest BCUT2D eigenvalue weighted by molar-refractivity contribution is -0.160. The summed E-state index contributed by atoms with van der Waals surface area (Å²) in [6, 6.07) is 18.5. The van der Waals surface area contributed by atoms with Crippen molar-refractivity contribution in [2.24, 2.45) is 5.73 Å². The molecule has 0 saturated heterocycles. The molecule has 0 saturated carbocycles. The van der Waals surface area contributed by atoms with E-state index in [1.807, 2.05) is 60.7 Å². The van der Waals surface area contributed by atoms with Gasteiger partial charge in [0.25, 0.3) is 0 Å². The fourth-order valence-corrected chi connectivity index (χ4v) is 1.89. The number of hydrogen-bond acceptors (Lipinski definition) is 5. The van der Waals surface area contributed by atoms with Crippen LogP contribution in [0.15, 0.2) is 60.7 Å². The Hall–Kier alpha value is -2.21. The quantitative estimate of drug-likeness (QED) is 0.436. The normalized spacial score (nSPS) is 11.9. The highest BCUT2D eigenvalue weighted by Gasteiger charge is 2.15. The highest BCUT2D eigenvalue weighted by Crippen LogP contribution is 2.02. The first kappa shape index (κ1) is 17.1. The van der Waals surface area contributed by atoms with Gasteiger partial charge >= 0.3 is 5.97 Å². The number of carbonyl (C=O) groups is 1. The maximum Gasteiger partial charge on any atom is 0.327 e. The Kier molecular flexibility index (Phi) is 7.26. The van der Waals surface area contributed by atoms with E-state index in [4.69, 9.17) is 19.9 Å². The van der Waals surface area contributed by atoms with E-state index in [-0.39, 0.29) is 13.4 Å². The lowest BCUT2D eigenvalue weighted by Gasteiger charge is -2.12. The van der Waals surface area contributed by atoms with Gasteiger partial charge in [0.2, 0.25) is 0 Å². The molecule has 0 aliphatic rings. The second-order valence-electron chi connectivity index (χ2n) is 5.02. The molecule has 2 aromatic carbocycles. The van der Waals surface area contributed by atoms with Gasteiger partial charge in [-0.2, -0.15) is 0 Å². The first-order chi connectivity index (χ1) is 11.3. The molecule has 23 heavy (non-hydrogen) atoms. The smallest absolute Gasteiger partial charge is 0.327 e. The second-order valence-corrected chi connectivity index (χ2v) is 5.02. The zero-order valence-electron chi connectivity index (χ0n) is 12.9. The van der Waals surface area contributed by atoms with Crippen molar-refractivity contribution in [1.82, 2.24) is 0 Å². The number of rotatable bonds is 9. The molecule has 2 N–H and O–H groups in total. The van der Waals surface area contributed by atoms with Crippen LogP contribution in [0.1, 0.15) is 11.1 Å². The standard InChI is InChI=1S/C18H21NO4/c19-17(13-21-11-15-7-3-1-4-8-15)18(20)23-14-22-12-16-9-5-2-6-10-16/h1-10,17H,11-14,19H2/t17-/m0/s1. The van der Waals surface area contributed by atoms with E-state index < -0.39 is 12.0 Å². The van der Waals surface area contributed by atoms with Crippen molar-refractivity contribution in [2.45, 2.75) is 19.3 Å². The van der Waals surface area contributed by atoms with Crippen LogP contribution in [0.4, 0.5) is 0 Å². The summed E-state index contributed by atoms with van der Waals surface area (Å²) in [5.74, 6) is -0.536. The Morgan fingerprint density at radius 2 is 1.39 bits per heavy atom. The highest BCUT2D eigenvalue weighted by atomic mass is 16.7. The minimum atomic E-state index is -0.820. The Morgan fingerprint density at radius 3 is 1.96 bits per heavy atom. The molecule has 0 spiro atoms. The van der Waals surface area contributed by atoms with Crippen LogP contribution in [0, 0.1) is 0 Å².